The maximum Gasteiger partial charge on any atom is 0.271 e. The van der Waals surface area contributed by atoms with Crippen LogP contribution in [0.25, 0.3) is 20.7 Å². The summed E-state index contributed by atoms with van der Waals surface area (Å²) >= 11 is 7.42. The van der Waals surface area contributed by atoms with Crippen LogP contribution in [-0.2, 0) is 6.54 Å². The molecule has 4 aromatic rings. The highest BCUT2D eigenvalue weighted by atomic mass is 35.5. The zero-order chi connectivity index (χ0) is 19.0. The number of hydrogen-bond donors (Lipinski definition) is 0. The van der Waals surface area contributed by atoms with Crippen molar-refractivity contribution in [1.82, 2.24) is 9.55 Å². The standard InChI is InChI=1S/C21H17ClN2O2S/c1-13-3-4-14(9-18(13)26-2)11-24-12-23-17-10-19(27-20(17)21(24)25)15-5-7-16(22)8-6-15/h3-10,12H,11H2,1-2H3. The van der Waals surface area contributed by atoms with Crippen molar-refractivity contribution in [3.63, 3.8) is 0 Å². The van der Waals surface area contributed by atoms with Gasteiger partial charge in [-0.1, -0.05) is 35.9 Å². The summed E-state index contributed by atoms with van der Waals surface area (Å²) in [5, 5.41) is 0.689. The lowest BCUT2D eigenvalue weighted by Gasteiger charge is -2.09. The first kappa shape index (κ1) is 17.8. The van der Waals surface area contributed by atoms with Crippen LogP contribution in [0.3, 0.4) is 0 Å². The van der Waals surface area contributed by atoms with E-state index in [-0.39, 0.29) is 5.56 Å². The average molecular weight is 397 g/mol. The van der Waals surface area contributed by atoms with Gasteiger partial charge < -0.3 is 4.74 Å². The molecule has 0 saturated heterocycles. The lowest BCUT2D eigenvalue weighted by atomic mass is 10.1. The van der Waals surface area contributed by atoms with Crippen molar-refractivity contribution in [3.05, 3.63) is 81.4 Å². The molecule has 0 saturated carbocycles. The number of aryl methyl sites for hydroxylation is 1. The van der Waals surface area contributed by atoms with Crippen molar-refractivity contribution in [2.45, 2.75) is 13.5 Å². The summed E-state index contributed by atoms with van der Waals surface area (Å²) in [5.41, 5.74) is 3.76. The van der Waals surface area contributed by atoms with Gasteiger partial charge in [0.25, 0.3) is 5.56 Å². The fraction of sp³-hybridized carbons (Fsp3) is 0.143. The van der Waals surface area contributed by atoms with Crippen molar-refractivity contribution >= 4 is 33.2 Å². The van der Waals surface area contributed by atoms with Gasteiger partial charge in [0.05, 0.1) is 25.5 Å². The van der Waals surface area contributed by atoms with Gasteiger partial charge in [-0.15, -0.1) is 11.3 Å². The molecular formula is C21H17ClN2O2S. The highest BCUT2D eigenvalue weighted by Crippen LogP contribution is 2.31. The largest absolute Gasteiger partial charge is 0.496 e. The van der Waals surface area contributed by atoms with Gasteiger partial charge in [0, 0.05) is 9.90 Å². The van der Waals surface area contributed by atoms with Crippen LogP contribution in [0.4, 0.5) is 0 Å². The van der Waals surface area contributed by atoms with Crippen molar-refractivity contribution in [2.75, 3.05) is 7.11 Å². The number of fused-ring (bicyclic) bond motifs is 1. The summed E-state index contributed by atoms with van der Waals surface area (Å²) in [5.74, 6) is 0.815. The molecule has 0 N–H and O–H groups in total. The maximum atomic E-state index is 12.9. The van der Waals surface area contributed by atoms with E-state index in [4.69, 9.17) is 16.3 Å². The van der Waals surface area contributed by atoms with Crippen LogP contribution in [0.15, 0.2) is 59.7 Å². The Kier molecular flexibility index (Phi) is 4.72. The van der Waals surface area contributed by atoms with Crippen LogP contribution in [0, 0.1) is 6.92 Å². The van der Waals surface area contributed by atoms with Gasteiger partial charge in [-0.2, -0.15) is 0 Å². The minimum Gasteiger partial charge on any atom is -0.496 e. The molecule has 0 aliphatic carbocycles. The molecule has 2 heterocycles. The number of rotatable bonds is 4. The van der Waals surface area contributed by atoms with Crippen molar-refractivity contribution in [3.8, 4) is 16.2 Å². The van der Waals surface area contributed by atoms with E-state index in [0.29, 0.717) is 21.8 Å². The molecule has 0 fully saturated rings. The van der Waals surface area contributed by atoms with Crippen LogP contribution < -0.4 is 10.3 Å². The zero-order valence-corrected chi connectivity index (χ0v) is 16.5. The van der Waals surface area contributed by atoms with Gasteiger partial charge in [0.1, 0.15) is 10.4 Å². The third-order valence-electron chi connectivity index (χ3n) is 4.46. The molecule has 0 atom stereocenters. The van der Waals surface area contributed by atoms with Gasteiger partial charge >= 0.3 is 0 Å². The lowest BCUT2D eigenvalue weighted by molar-refractivity contribution is 0.411. The zero-order valence-electron chi connectivity index (χ0n) is 14.9. The van der Waals surface area contributed by atoms with E-state index in [9.17, 15) is 4.79 Å². The van der Waals surface area contributed by atoms with Crippen molar-refractivity contribution in [2.24, 2.45) is 0 Å². The molecule has 0 radical (unpaired) electrons. The quantitative estimate of drug-likeness (QED) is 0.479. The Morgan fingerprint density at radius 1 is 1.15 bits per heavy atom. The minimum absolute atomic E-state index is 0.0373. The number of thiophene rings is 1. The van der Waals surface area contributed by atoms with Crippen LogP contribution in [0.1, 0.15) is 11.1 Å². The summed E-state index contributed by atoms with van der Waals surface area (Å²) < 4.78 is 7.66. The SMILES string of the molecule is COc1cc(Cn2cnc3cc(-c4ccc(Cl)cc4)sc3c2=O)ccc1C. The molecule has 0 spiro atoms. The van der Waals surface area contributed by atoms with E-state index in [1.807, 2.05) is 55.5 Å². The Bertz CT molecular complexity index is 1180. The predicted octanol–water partition coefficient (Wildman–Crippen LogP) is 5.14. The Labute approximate surface area is 165 Å². The van der Waals surface area contributed by atoms with E-state index >= 15 is 0 Å². The molecule has 2 aromatic carbocycles. The summed E-state index contributed by atoms with van der Waals surface area (Å²) in [4.78, 5) is 18.4. The van der Waals surface area contributed by atoms with Gasteiger partial charge in [-0.05, 0) is 47.9 Å². The molecular weight excluding hydrogens is 380 g/mol. The van der Waals surface area contributed by atoms with Crippen LogP contribution in [0.5, 0.6) is 5.75 Å². The van der Waals surface area contributed by atoms with E-state index < -0.39 is 0 Å². The Morgan fingerprint density at radius 2 is 1.93 bits per heavy atom. The molecule has 136 valence electrons. The number of aromatic nitrogens is 2. The molecule has 0 unspecified atom stereocenters. The number of benzene rings is 2. The number of hydrogen-bond acceptors (Lipinski definition) is 4. The summed E-state index contributed by atoms with van der Waals surface area (Å²) in [6.45, 7) is 2.44. The maximum absolute atomic E-state index is 12.9. The molecule has 2 aromatic heterocycles. The number of halogens is 1. The topological polar surface area (TPSA) is 44.1 Å². The Morgan fingerprint density at radius 3 is 2.67 bits per heavy atom. The second-order valence-corrected chi connectivity index (χ2v) is 7.80. The molecule has 6 heteroatoms. The summed E-state index contributed by atoms with van der Waals surface area (Å²) in [7, 11) is 1.65. The molecule has 0 aliphatic rings. The fourth-order valence-corrected chi connectivity index (χ4v) is 4.16. The predicted molar refractivity (Wildman–Crippen MR) is 111 cm³/mol. The Balaban J connectivity index is 1.72. The van der Waals surface area contributed by atoms with Crippen LogP contribution >= 0.6 is 22.9 Å². The first-order valence-corrected chi connectivity index (χ1v) is 9.63. The van der Waals surface area contributed by atoms with Crippen LogP contribution in [0.2, 0.25) is 5.02 Å². The Hall–Kier alpha value is -2.63. The molecule has 0 bridgehead atoms. The van der Waals surface area contributed by atoms with Gasteiger partial charge in [0.2, 0.25) is 0 Å². The van der Waals surface area contributed by atoms with E-state index in [2.05, 4.69) is 4.98 Å². The van der Waals surface area contributed by atoms with Crippen LogP contribution in [-0.4, -0.2) is 16.7 Å². The van der Waals surface area contributed by atoms with Gasteiger partial charge in [0.15, 0.2) is 0 Å². The minimum atomic E-state index is -0.0373. The molecule has 0 aliphatic heterocycles. The third kappa shape index (κ3) is 3.48. The third-order valence-corrected chi connectivity index (χ3v) is 5.87. The van der Waals surface area contributed by atoms with Crippen molar-refractivity contribution < 1.29 is 4.74 Å². The number of nitrogens with zero attached hydrogens (tertiary/aromatic N) is 2. The molecule has 27 heavy (non-hydrogen) atoms. The smallest absolute Gasteiger partial charge is 0.271 e. The average Bonchev–Trinajstić information content (AvgIpc) is 3.11. The first-order valence-electron chi connectivity index (χ1n) is 8.43. The lowest BCUT2D eigenvalue weighted by Crippen LogP contribution is -2.20. The van der Waals surface area contributed by atoms with E-state index in [1.165, 1.54) is 11.3 Å². The van der Waals surface area contributed by atoms with Gasteiger partial charge in [-0.25, -0.2) is 4.98 Å². The second-order valence-electron chi connectivity index (χ2n) is 6.31. The fourth-order valence-electron chi connectivity index (χ4n) is 2.97. The number of methoxy groups -OCH3 is 1. The molecule has 4 nitrogen and oxygen atoms in total. The highest BCUT2D eigenvalue weighted by Gasteiger charge is 2.11. The summed E-state index contributed by atoms with van der Waals surface area (Å²) in [6.07, 6.45) is 1.61. The first-order chi connectivity index (χ1) is 13.0. The summed E-state index contributed by atoms with van der Waals surface area (Å²) in [6, 6.07) is 15.5. The number of ether oxygens (including phenoxy) is 1. The monoisotopic (exact) mass is 396 g/mol. The molecule has 4 rings (SSSR count). The van der Waals surface area contributed by atoms with Gasteiger partial charge in [-0.3, -0.25) is 9.36 Å². The van der Waals surface area contributed by atoms with E-state index in [1.54, 1.807) is 18.0 Å². The normalized spacial score (nSPS) is 11.1. The van der Waals surface area contributed by atoms with Crippen molar-refractivity contribution in [1.29, 1.82) is 0 Å². The molecule has 0 amide bonds. The highest BCUT2D eigenvalue weighted by molar-refractivity contribution is 7.22. The second kappa shape index (κ2) is 7.18. The van der Waals surface area contributed by atoms with E-state index in [0.717, 1.165) is 27.3 Å².